The third-order valence-corrected chi connectivity index (χ3v) is 4.43. The third-order valence-electron chi connectivity index (χ3n) is 4.43. The molecule has 3 N–H and O–H groups in total. The molecule has 8 nitrogen and oxygen atoms in total. The number of carbonyl (C=O) groups is 3. The number of nitrogens with one attached hydrogen (secondary N) is 3. The second kappa shape index (κ2) is 13.0. The van der Waals surface area contributed by atoms with Crippen LogP contribution < -0.4 is 20.7 Å². The van der Waals surface area contributed by atoms with Crippen molar-refractivity contribution in [2.75, 3.05) is 33.4 Å². The lowest BCUT2D eigenvalue weighted by Gasteiger charge is -2.19. The van der Waals surface area contributed by atoms with Crippen molar-refractivity contribution in [1.29, 1.82) is 0 Å². The van der Waals surface area contributed by atoms with E-state index >= 15 is 0 Å². The Bertz CT molecular complexity index is 840. The molecule has 0 heterocycles. The monoisotopic (exact) mass is 427 g/mol. The predicted octanol–water partition coefficient (Wildman–Crippen LogP) is 1.83. The van der Waals surface area contributed by atoms with E-state index in [2.05, 4.69) is 16.0 Å². The molecule has 0 aliphatic carbocycles. The van der Waals surface area contributed by atoms with Crippen molar-refractivity contribution < 1.29 is 23.9 Å². The Labute approximate surface area is 182 Å². The van der Waals surface area contributed by atoms with Crippen LogP contribution in [-0.4, -0.2) is 51.1 Å². The predicted molar refractivity (Wildman–Crippen MR) is 117 cm³/mol. The smallest absolute Gasteiger partial charge is 0.251 e. The zero-order valence-corrected chi connectivity index (χ0v) is 17.9. The quantitative estimate of drug-likeness (QED) is 0.448. The van der Waals surface area contributed by atoms with E-state index in [0.717, 1.165) is 0 Å². The Morgan fingerprint density at radius 2 is 1.68 bits per heavy atom. The van der Waals surface area contributed by atoms with Gasteiger partial charge in [-0.3, -0.25) is 14.4 Å². The van der Waals surface area contributed by atoms with Gasteiger partial charge in [-0.15, -0.1) is 0 Å². The van der Waals surface area contributed by atoms with E-state index in [-0.39, 0.29) is 18.4 Å². The fraction of sp³-hybridized carbons (Fsp3) is 0.348. The second-order valence-electron chi connectivity index (χ2n) is 6.66. The maximum atomic E-state index is 12.7. The average Bonchev–Trinajstić information content (AvgIpc) is 2.81. The molecule has 2 rings (SSSR count). The first-order chi connectivity index (χ1) is 15.0. The summed E-state index contributed by atoms with van der Waals surface area (Å²) in [6, 6.07) is 14.6. The summed E-state index contributed by atoms with van der Waals surface area (Å²) in [7, 11) is 1.55. The highest BCUT2D eigenvalue weighted by molar-refractivity contribution is 5.97. The summed E-state index contributed by atoms with van der Waals surface area (Å²) in [5, 5.41) is 8.06. The van der Waals surface area contributed by atoms with Crippen molar-refractivity contribution in [3.8, 4) is 5.75 Å². The molecule has 1 atom stereocenters. The van der Waals surface area contributed by atoms with Crippen LogP contribution in [0.3, 0.4) is 0 Å². The van der Waals surface area contributed by atoms with Crippen LogP contribution in [0.25, 0.3) is 0 Å². The van der Waals surface area contributed by atoms with E-state index < -0.39 is 11.9 Å². The minimum atomic E-state index is -0.904. The Kier molecular flexibility index (Phi) is 10.0. The molecule has 166 valence electrons. The van der Waals surface area contributed by atoms with Gasteiger partial charge in [0.05, 0.1) is 13.7 Å². The summed E-state index contributed by atoms with van der Waals surface area (Å²) in [6.45, 7) is 3.24. The van der Waals surface area contributed by atoms with E-state index in [1.165, 1.54) is 0 Å². The topological polar surface area (TPSA) is 106 Å². The molecule has 0 saturated heterocycles. The minimum absolute atomic E-state index is 0.252. The number of methoxy groups -OCH3 is 1. The highest BCUT2D eigenvalue weighted by Gasteiger charge is 2.23. The Balaban J connectivity index is 1.98. The van der Waals surface area contributed by atoms with Crippen molar-refractivity contribution in [2.45, 2.75) is 19.4 Å². The Hall–Kier alpha value is -3.39. The highest BCUT2D eigenvalue weighted by atomic mass is 16.5. The zero-order valence-electron chi connectivity index (χ0n) is 17.9. The molecule has 0 aliphatic heterocycles. The number of rotatable bonds is 12. The normalized spacial score (nSPS) is 11.3. The van der Waals surface area contributed by atoms with Gasteiger partial charge in [0.15, 0.2) is 0 Å². The molecule has 3 amide bonds. The summed E-state index contributed by atoms with van der Waals surface area (Å²) >= 11 is 0. The van der Waals surface area contributed by atoms with E-state index in [1.54, 1.807) is 61.7 Å². The number of amides is 3. The summed E-state index contributed by atoms with van der Waals surface area (Å²) in [5.74, 6) is -0.544. The largest absolute Gasteiger partial charge is 0.497 e. The minimum Gasteiger partial charge on any atom is -0.497 e. The fourth-order valence-corrected chi connectivity index (χ4v) is 2.79. The Morgan fingerprint density at radius 1 is 0.968 bits per heavy atom. The van der Waals surface area contributed by atoms with Crippen LogP contribution in [0.1, 0.15) is 35.3 Å². The van der Waals surface area contributed by atoms with Gasteiger partial charge >= 0.3 is 0 Å². The molecule has 0 saturated carbocycles. The van der Waals surface area contributed by atoms with Gasteiger partial charge in [0.1, 0.15) is 11.8 Å². The van der Waals surface area contributed by atoms with Gasteiger partial charge in [-0.2, -0.15) is 0 Å². The van der Waals surface area contributed by atoms with E-state index in [1.807, 2.05) is 6.92 Å². The number of ether oxygens (including phenoxy) is 2. The molecule has 8 heteroatoms. The van der Waals surface area contributed by atoms with E-state index in [4.69, 9.17) is 9.47 Å². The van der Waals surface area contributed by atoms with Crippen molar-refractivity contribution in [1.82, 2.24) is 16.0 Å². The molecular formula is C23H29N3O5. The van der Waals surface area contributed by atoms with Gasteiger partial charge in [0.2, 0.25) is 11.8 Å². The zero-order chi connectivity index (χ0) is 22.5. The van der Waals surface area contributed by atoms with Gasteiger partial charge in [-0.25, -0.2) is 0 Å². The molecule has 0 aromatic heterocycles. The number of hydrogen-bond acceptors (Lipinski definition) is 5. The number of benzene rings is 2. The van der Waals surface area contributed by atoms with Crippen molar-refractivity contribution in [2.24, 2.45) is 0 Å². The van der Waals surface area contributed by atoms with Crippen molar-refractivity contribution in [3.63, 3.8) is 0 Å². The van der Waals surface area contributed by atoms with Crippen molar-refractivity contribution >= 4 is 17.7 Å². The molecule has 0 fully saturated rings. The lowest BCUT2D eigenvalue weighted by molar-refractivity contribution is -0.128. The molecular weight excluding hydrogens is 398 g/mol. The van der Waals surface area contributed by atoms with Gasteiger partial charge in [-0.1, -0.05) is 30.3 Å². The first kappa shape index (κ1) is 23.9. The van der Waals surface area contributed by atoms with Crippen LogP contribution in [0, 0.1) is 0 Å². The third kappa shape index (κ3) is 8.10. The SMILES string of the molecule is CCOCCCNC(=O)[C@@H](NC(=O)CNC(=O)c1ccccc1)c1ccc(OC)cc1. The lowest BCUT2D eigenvalue weighted by Crippen LogP contribution is -2.44. The second-order valence-corrected chi connectivity index (χ2v) is 6.66. The molecule has 0 unspecified atom stereocenters. The number of carbonyl (C=O) groups excluding carboxylic acids is 3. The molecule has 0 spiro atoms. The summed E-state index contributed by atoms with van der Waals surface area (Å²) in [5.41, 5.74) is 1.06. The molecule has 0 aliphatic rings. The van der Waals surface area contributed by atoms with E-state index in [9.17, 15) is 14.4 Å². The molecule has 0 radical (unpaired) electrons. The van der Waals surface area contributed by atoms with Crippen LogP contribution in [0.4, 0.5) is 0 Å². The van der Waals surface area contributed by atoms with Gasteiger partial charge < -0.3 is 25.4 Å². The first-order valence-corrected chi connectivity index (χ1v) is 10.2. The van der Waals surface area contributed by atoms with E-state index in [0.29, 0.717) is 43.1 Å². The number of hydrogen-bond donors (Lipinski definition) is 3. The fourth-order valence-electron chi connectivity index (χ4n) is 2.79. The van der Waals surface area contributed by atoms with Gasteiger partial charge in [0, 0.05) is 25.3 Å². The van der Waals surface area contributed by atoms with Crippen LogP contribution in [-0.2, 0) is 14.3 Å². The molecule has 0 bridgehead atoms. The summed E-state index contributed by atoms with van der Waals surface area (Å²) in [6.07, 6.45) is 0.663. The maximum Gasteiger partial charge on any atom is 0.251 e. The molecule has 31 heavy (non-hydrogen) atoms. The highest BCUT2D eigenvalue weighted by Crippen LogP contribution is 2.18. The van der Waals surface area contributed by atoms with Crippen molar-refractivity contribution in [3.05, 3.63) is 65.7 Å². The van der Waals surface area contributed by atoms with Crippen LogP contribution in [0.5, 0.6) is 5.75 Å². The summed E-state index contributed by atoms with van der Waals surface area (Å²) < 4.78 is 10.4. The van der Waals surface area contributed by atoms with Gasteiger partial charge in [-0.05, 0) is 43.2 Å². The molecule has 2 aromatic rings. The standard InChI is InChI=1S/C23H29N3O5/c1-3-31-15-7-14-24-23(29)21(17-10-12-19(30-2)13-11-17)26-20(27)16-25-22(28)18-8-5-4-6-9-18/h4-6,8-13,21H,3,7,14-16H2,1-2H3,(H,24,29)(H,25,28)(H,26,27)/t21-/m0/s1. The van der Waals surface area contributed by atoms with Crippen LogP contribution in [0.2, 0.25) is 0 Å². The summed E-state index contributed by atoms with van der Waals surface area (Å²) in [4.78, 5) is 37.3. The maximum absolute atomic E-state index is 12.7. The lowest BCUT2D eigenvalue weighted by atomic mass is 10.1. The Morgan fingerprint density at radius 3 is 2.32 bits per heavy atom. The average molecular weight is 428 g/mol. The molecule has 2 aromatic carbocycles. The van der Waals surface area contributed by atoms with Crippen LogP contribution in [0.15, 0.2) is 54.6 Å². The van der Waals surface area contributed by atoms with Gasteiger partial charge in [0.25, 0.3) is 5.91 Å². The van der Waals surface area contributed by atoms with Crippen LogP contribution >= 0.6 is 0 Å². The first-order valence-electron chi connectivity index (χ1n) is 10.2.